The van der Waals surface area contributed by atoms with Crippen LogP contribution in [0.2, 0.25) is 0 Å². The van der Waals surface area contributed by atoms with E-state index in [4.69, 9.17) is 0 Å². The molecule has 1 N–H and O–H groups in total. The van der Waals surface area contributed by atoms with E-state index in [1.807, 2.05) is 17.1 Å². The minimum Gasteiger partial charge on any atom is -0.354 e. The SMILES string of the molecule is CC(Nc1nccs1)c1cncs1. The number of aromatic nitrogens is 2. The van der Waals surface area contributed by atoms with Crippen LogP contribution in [0.1, 0.15) is 17.8 Å². The predicted molar refractivity (Wildman–Crippen MR) is 56.3 cm³/mol. The number of anilines is 1. The first kappa shape index (κ1) is 8.65. The third-order valence-electron chi connectivity index (χ3n) is 1.65. The van der Waals surface area contributed by atoms with Crippen LogP contribution in [0.3, 0.4) is 0 Å². The quantitative estimate of drug-likeness (QED) is 0.848. The predicted octanol–water partition coefficient (Wildman–Crippen LogP) is 2.77. The topological polar surface area (TPSA) is 37.8 Å². The standard InChI is InChI=1S/C8H9N3S2/c1-6(7-4-9-5-13-7)11-8-10-2-3-12-8/h2-6H,1H3,(H,10,11). The lowest BCUT2D eigenvalue weighted by Crippen LogP contribution is -2.03. The zero-order chi connectivity index (χ0) is 9.10. The number of hydrogen-bond acceptors (Lipinski definition) is 5. The van der Waals surface area contributed by atoms with Gasteiger partial charge in [0.05, 0.1) is 11.6 Å². The third kappa shape index (κ3) is 2.05. The van der Waals surface area contributed by atoms with Gasteiger partial charge in [-0.05, 0) is 6.92 Å². The Balaban J connectivity index is 2.04. The minimum atomic E-state index is 0.290. The maximum atomic E-state index is 4.16. The highest BCUT2D eigenvalue weighted by Gasteiger charge is 2.07. The van der Waals surface area contributed by atoms with Gasteiger partial charge in [0.1, 0.15) is 0 Å². The molecule has 1 unspecified atom stereocenters. The fourth-order valence-electron chi connectivity index (χ4n) is 0.991. The first-order valence-electron chi connectivity index (χ1n) is 3.90. The van der Waals surface area contributed by atoms with Gasteiger partial charge in [0, 0.05) is 22.7 Å². The summed E-state index contributed by atoms with van der Waals surface area (Å²) in [6, 6.07) is 0.290. The fourth-order valence-corrected chi connectivity index (χ4v) is 2.24. The van der Waals surface area contributed by atoms with Crippen LogP contribution in [0.15, 0.2) is 23.3 Å². The zero-order valence-electron chi connectivity index (χ0n) is 7.10. The van der Waals surface area contributed by atoms with Gasteiger partial charge >= 0.3 is 0 Å². The van der Waals surface area contributed by atoms with Crippen molar-refractivity contribution < 1.29 is 0 Å². The van der Waals surface area contributed by atoms with E-state index >= 15 is 0 Å². The molecule has 0 fully saturated rings. The van der Waals surface area contributed by atoms with E-state index in [0.717, 1.165) is 5.13 Å². The molecule has 13 heavy (non-hydrogen) atoms. The second-order valence-electron chi connectivity index (χ2n) is 2.61. The van der Waals surface area contributed by atoms with Crippen LogP contribution in [0.25, 0.3) is 0 Å². The normalized spacial score (nSPS) is 12.7. The molecule has 0 aliphatic rings. The van der Waals surface area contributed by atoms with Crippen molar-refractivity contribution in [2.45, 2.75) is 13.0 Å². The van der Waals surface area contributed by atoms with Crippen molar-refractivity contribution in [2.24, 2.45) is 0 Å². The van der Waals surface area contributed by atoms with Crippen LogP contribution in [0, 0.1) is 0 Å². The molecule has 2 rings (SSSR count). The van der Waals surface area contributed by atoms with Gasteiger partial charge in [-0.3, -0.25) is 4.98 Å². The Morgan fingerprint density at radius 1 is 1.46 bits per heavy atom. The highest BCUT2D eigenvalue weighted by atomic mass is 32.1. The van der Waals surface area contributed by atoms with Crippen molar-refractivity contribution in [3.05, 3.63) is 28.2 Å². The molecule has 0 aromatic carbocycles. The van der Waals surface area contributed by atoms with Crippen LogP contribution in [-0.4, -0.2) is 9.97 Å². The van der Waals surface area contributed by atoms with Crippen LogP contribution in [0.4, 0.5) is 5.13 Å². The summed E-state index contributed by atoms with van der Waals surface area (Å²) in [7, 11) is 0. The van der Waals surface area contributed by atoms with Crippen molar-refractivity contribution in [3.63, 3.8) is 0 Å². The zero-order valence-corrected chi connectivity index (χ0v) is 8.73. The Bertz CT molecular complexity index is 341. The molecule has 1 atom stereocenters. The Morgan fingerprint density at radius 2 is 2.38 bits per heavy atom. The molecule has 5 heteroatoms. The van der Waals surface area contributed by atoms with Gasteiger partial charge in [-0.2, -0.15) is 0 Å². The summed E-state index contributed by atoms with van der Waals surface area (Å²) in [4.78, 5) is 9.42. The first-order chi connectivity index (χ1) is 6.36. The van der Waals surface area contributed by atoms with Gasteiger partial charge in [-0.1, -0.05) is 0 Å². The second-order valence-corrected chi connectivity index (χ2v) is 4.42. The molecule has 0 spiro atoms. The molecule has 0 amide bonds. The van der Waals surface area contributed by atoms with Gasteiger partial charge < -0.3 is 5.32 Å². The van der Waals surface area contributed by atoms with E-state index in [1.54, 1.807) is 28.9 Å². The Hall–Kier alpha value is -0.940. The maximum absolute atomic E-state index is 4.16. The number of nitrogens with zero attached hydrogens (tertiary/aromatic N) is 2. The lowest BCUT2D eigenvalue weighted by Gasteiger charge is -2.09. The molecule has 3 nitrogen and oxygen atoms in total. The largest absolute Gasteiger partial charge is 0.354 e. The minimum absolute atomic E-state index is 0.290. The van der Waals surface area contributed by atoms with Crippen LogP contribution in [0.5, 0.6) is 0 Å². The lowest BCUT2D eigenvalue weighted by molar-refractivity contribution is 0.900. The average molecular weight is 211 g/mol. The molecule has 0 aliphatic carbocycles. The van der Waals surface area contributed by atoms with Gasteiger partial charge in [0.25, 0.3) is 0 Å². The van der Waals surface area contributed by atoms with Crippen LogP contribution in [-0.2, 0) is 0 Å². The summed E-state index contributed by atoms with van der Waals surface area (Å²) in [6.07, 6.45) is 3.68. The van der Waals surface area contributed by atoms with Gasteiger partial charge in [0.15, 0.2) is 5.13 Å². The molecule has 0 bridgehead atoms. The number of thiazole rings is 2. The summed E-state index contributed by atoms with van der Waals surface area (Å²) in [5.41, 5.74) is 1.84. The van der Waals surface area contributed by atoms with Crippen LogP contribution >= 0.6 is 22.7 Å². The van der Waals surface area contributed by atoms with Gasteiger partial charge in [0.2, 0.25) is 0 Å². The maximum Gasteiger partial charge on any atom is 0.183 e. The molecule has 0 saturated heterocycles. The summed E-state index contributed by atoms with van der Waals surface area (Å²) in [6.45, 7) is 2.11. The summed E-state index contributed by atoms with van der Waals surface area (Å²) in [5, 5.41) is 6.22. The number of rotatable bonds is 3. The molecular weight excluding hydrogens is 202 g/mol. The molecule has 2 aromatic rings. The first-order valence-corrected chi connectivity index (χ1v) is 5.66. The Labute approximate surface area is 84.5 Å². The summed E-state index contributed by atoms with van der Waals surface area (Å²) >= 11 is 3.27. The van der Waals surface area contributed by atoms with Crippen molar-refractivity contribution in [1.82, 2.24) is 9.97 Å². The van der Waals surface area contributed by atoms with Gasteiger partial charge in [-0.25, -0.2) is 4.98 Å². The number of nitrogens with one attached hydrogen (secondary N) is 1. The van der Waals surface area contributed by atoms with E-state index in [-0.39, 0.29) is 0 Å². The molecule has 0 radical (unpaired) electrons. The van der Waals surface area contributed by atoms with Gasteiger partial charge in [-0.15, -0.1) is 22.7 Å². The van der Waals surface area contributed by atoms with E-state index in [1.165, 1.54) is 4.88 Å². The van der Waals surface area contributed by atoms with E-state index in [9.17, 15) is 0 Å². The Morgan fingerprint density at radius 3 is 3.00 bits per heavy atom. The second kappa shape index (κ2) is 3.85. The molecule has 0 aliphatic heterocycles. The average Bonchev–Trinajstić information content (AvgIpc) is 2.74. The lowest BCUT2D eigenvalue weighted by atomic mass is 10.3. The highest BCUT2D eigenvalue weighted by Crippen LogP contribution is 2.22. The van der Waals surface area contributed by atoms with Crippen molar-refractivity contribution >= 4 is 27.8 Å². The Kier molecular flexibility index (Phi) is 2.56. The monoisotopic (exact) mass is 211 g/mol. The molecule has 68 valence electrons. The molecule has 0 saturated carbocycles. The number of hydrogen-bond donors (Lipinski definition) is 1. The third-order valence-corrected chi connectivity index (χ3v) is 3.31. The summed E-state index contributed by atoms with van der Waals surface area (Å²) in [5.74, 6) is 0. The van der Waals surface area contributed by atoms with Crippen LogP contribution < -0.4 is 5.32 Å². The molecule has 2 aromatic heterocycles. The van der Waals surface area contributed by atoms with Crippen molar-refractivity contribution in [3.8, 4) is 0 Å². The van der Waals surface area contributed by atoms with Crippen molar-refractivity contribution in [2.75, 3.05) is 5.32 Å². The summed E-state index contributed by atoms with van der Waals surface area (Å²) < 4.78 is 0. The van der Waals surface area contributed by atoms with E-state index in [2.05, 4.69) is 22.2 Å². The van der Waals surface area contributed by atoms with Crippen molar-refractivity contribution in [1.29, 1.82) is 0 Å². The van der Waals surface area contributed by atoms with E-state index < -0.39 is 0 Å². The molecular formula is C8H9N3S2. The smallest absolute Gasteiger partial charge is 0.183 e. The van der Waals surface area contributed by atoms with E-state index in [0.29, 0.717) is 6.04 Å². The highest BCUT2D eigenvalue weighted by molar-refractivity contribution is 7.13. The molecule has 2 heterocycles. The fraction of sp³-hybridized carbons (Fsp3) is 0.250.